The first-order valence-electron chi connectivity index (χ1n) is 6.93. The summed E-state index contributed by atoms with van der Waals surface area (Å²) in [5.74, 6) is 1.34. The summed E-state index contributed by atoms with van der Waals surface area (Å²) in [5.41, 5.74) is 7.15. The Morgan fingerprint density at radius 1 is 1.33 bits per heavy atom. The van der Waals surface area contributed by atoms with E-state index in [0.29, 0.717) is 23.8 Å². The Balaban J connectivity index is 1.97. The SMILES string of the molecule is COc1ccc(N)cc1-c1nnnn1CC1(OC)CCC1. The third kappa shape index (κ3) is 2.44. The molecule has 7 heteroatoms. The van der Waals surface area contributed by atoms with Gasteiger partial charge in [-0.15, -0.1) is 5.10 Å². The molecule has 1 aliphatic rings. The first-order valence-corrected chi connectivity index (χ1v) is 6.93. The molecule has 1 aliphatic carbocycles. The van der Waals surface area contributed by atoms with Crippen molar-refractivity contribution in [3.63, 3.8) is 0 Å². The van der Waals surface area contributed by atoms with E-state index in [1.165, 1.54) is 6.42 Å². The second-order valence-electron chi connectivity index (χ2n) is 5.36. The second kappa shape index (κ2) is 5.33. The molecule has 0 spiro atoms. The fraction of sp³-hybridized carbons (Fsp3) is 0.500. The molecule has 0 unspecified atom stereocenters. The Hall–Kier alpha value is -2.15. The Labute approximate surface area is 123 Å². The summed E-state index contributed by atoms with van der Waals surface area (Å²) >= 11 is 0. The molecule has 3 rings (SSSR count). The van der Waals surface area contributed by atoms with Gasteiger partial charge in [-0.05, 0) is 47.9 Å². The number of aromatic nitrogens is 4. The third-order valence-corrected chi connectivity index (χ3v) is 4.13. The molecule has 1 aromatic heterocycles. The van der Waals surface area contributed by atoms with Gasteiger partial charge in [0.1, 0.15) is 5.75 Å². The molecule has 21 heavy (non-hydrogen) atoms. The van der Waals surface area contributed by atoms with Gasteiger partial charge in [0.05, 0.1) is 24.8 Å². The number of rotatable bonds is 5. The summed E-state index contributed by atoms with van der Waals surface area (Å²) < 4.78 is 12.8. The number of methoxy groups -OCH3 is 2. The summed E-state index contributed by atoms with van der Waals surface area (Å²) in [6, 6.07) is 5.43. The number of nitrogens with zero attached hydrogens (tertiary/aromatic N) is 4. The van der Waals surface area contributed by atoms with Crippen molar-refractivity contribution in [3.05, 3.63) is 18.2 Å². The van der Waals surface area contributed by atoms with Crippen LogP contribution in [-0.4, -0.2) is 40.0 Å². The number of tetrazole rings is 1. The van der Waals surface area contributed by atoms with Crippen LogP contribution in [0.3, 0.4) is 0 Å². The fourth-order valence-corrected chi connectivity index (χ4v) is 2.68. The van der Waals surface area contributed by atoms with Gasteiger partial charge in [-0.25, -0.2) is 4.68 Å². The molecule has 7 nitrogen and oxygen atoms in total. The summed E-state index contributed by atoms with van der Waals surface area (Å²) in [6.07, 6.45) is 3.22. The zero-order valence-corrected chi connectivity index (χ0v) is 12.2. The van der Waals surface area contributed by atoms with Crippen LogP contribution in [0.5, 0.6) is 5.75 Å². The minimum atomic E-state index is -0.155. The van der Waals surface area contributed by atoms with Crippen LogP contribution >= 0.6 is 0 Å². The zero-order valence-electron chi connectivity index (χ0n) is 12.2. The largest absolute Gasteiger partial charge is 0.496 e. The van der Waals surface area contributed by atoms with Crippen LogP contribution < -0.4 is 10.5 Å². The smallest absolute Gasteiger partial charge is 0.185 e. The van der Waals surface area contributed by atoms with E-state index in [2.05, 4.69) is 15.5 Å². The molecule has 2 aromatic rings. The first-order chi connectivity index (χ1) is 10.2. The lowest BCUT2D eigenvalue weighted by Gasteiger charge is -2.40. The van der Waals surface area contributed by atoms with Gasteiger partial charge in [-0.3, -0.25) is 0 Å². The maximum absolute atomic E-state index is 5.87. The fourth-order valence-electron chi connectivity index (χ4n) is 2.68. The predicted molar refractivity (Wildman–Crippen MR) is 77.8 cm³/mol. The number of hydrogen-bond donors (Lipinski definition) is 1. The first kappa shape index (κ1) is 13.8. The van der Waals surface area contributed by atoms with E-state index in [0.717, 1.165) is 18.4 Å². The average Bonchev–Trinajstić information content (AvgIpc) is 2.90. The van der Waals surface area contributed by atoms with Gasteiger partial charge < -0.3 is 15.2 Å². The molecule has 1 fully saturated rings. The molecule has 0 atom stereocenters. The number of hydrogen-bond acceptors (Lipinski definition) is 6. The van der Waals surface area contributed by atoms with Gasteiger partial charge in [0.2, 0.25) is 0 Å². The number of anilines is 1. The van der Waals surface area contributed by atoms with Crippen molar-refractivity contribution in [1.82, 2.24) is 20.2 Å². The maximum Gasteiger partial charge on any atom is 0.185 e. The maximum atomic E-state index is 5.87. The van der Waals surface area contributed by atoms with Crippen LogP contribution in [0, 0.1) is 0 Å². The minimum Gasteiger partial charge on any atom is -0.496 e. The van der Waals surface area contributed by atoms with Gasteiger partial charge >= 0.3 is 0 Å². The number of nitrogen functional groups attached to an aromatic ring is 1. The van der Waals surface area contributed by atoms with Gasteiger partial charge in [0, 0.05) is 12.8 Å². The third-order valence-electron chi connectivity index (χ3n) is 4.13. The molecule has 0 bridgehead atoms. The van der Waals surface area contributed by atoms with Crippen molar-refractivity contribution >= 4 is 5.69 Å². The number of nitrogens with two attached hydrogens (primary N) is 1. The van der Waals surface area contributed by atoms with E-state index in [-0.39, 0.29) is 5.60 Å². The number of benzene rings is 1. The van der Waals surface area contributed by atoms with Crippen molar-refractivity contribution in [2.75, 3.05) is 20.0 Å². The monoisotopic (exact) mass is 289 g/mol. The van der Waals surface area contributed by atoms with Gasteiger partial charge in [-0.2, -0.15) is 0 Å². The molecule has 112 valence electrons. The molecule has 1 saturated carbocycles. The lowest BCUT2D eigenvalue weighted by molar-refractivity contribution is -0.0855. The van der Waals surface area contributed by atoms with Crippen molar-refractivity contribution in [2.45, 2.75) is 31.4 Å². The average molecular weight is 289 g/mol. The van der Waals surface area contributed by atoms with E-state index in [1.807, 2.05) is 12.1 Å². The summed E-state index contributed by atoms with van der Waals surface area (Å²) in [5, 5.41) is 12.0. The van der Waals surface area contributed by atoms with Crippen molar-refractivity contribution in [2.24, 2.45) is 0 Å². The van der Waals surface area contributed by atoms with Gasteiger partial charge in [-0.1, -0.05) is 0 Å². The highest BCUT2D eigenvalue weighted by Gasteiger charge is 2.38. The Bertz CT molecular complexity index is 631. The lowest BCUT2D eigenvalue weighted by Crippen LogP contribution is -2.43. The standard InChI is InChI=1S/C14H19N5O2/c1-20-12-5-4-10(15)8-11(12)13-16-17-18-19(13)9-14(21-2)6-3-7-14/h4-5,8H,3,6-7,9,15H2,1-2H3. The minimum absolute atomic E-state index is 0.155. The Morgan fingerprint density at radius 3 is 2.76 bits per heavy atom. The lowest BCUT2D eigenvalue weighted by atomic mass is 9.80. The van der Waals surface area contributed by atoms with Crippen molar-refractivity contribution in [3.8, 4) is 17.1 Å². The summed E-state index contributed by atoms with van der Waals surface area (Å²) in [4.78, 5) is 0. The van der Waals surface area contributed by atoms with Crippen LogP contribution in [0.1, 0.15) is 19.3 Å². The van der Waals surface area contributed by atoms with Crippen LogP contribution in [0.15, 0.2) is 18.2 Å². The van der Waals surface area contributed by atoms with Crippen LogP contribution in [-0.2, 0) is 11.3 Å². The Morgan fingerprint density at radius 2 is 2.14 bits per heavy atom. The molecule has 0 amide bonds. The molecule has 0 saturated heterocycles. The van der Waals surface area contributed by atoms with Crippen LogP contribution in [0.25, 0.3) is 11.4 Å². The highest BCUT2D eigenvalue weighted by Crippen LogP contribution is 2.38. The van der Waals surface area contributed by atoms with Crippen molar-refractivity contribution < 1.29 is 9.47 Å². The highest BCUT2D eigenvalue weighted by molar-refractivity contribution is 5.68. The highest BCUT2D eigenvalue weighted by atomic mass is 16.5. The molecule has 2 N–H and O–H groups in total. The molecule has 0 radical (unpaired) electrons. The second-order valence-corrected chi connectivity index (χ2v) is 5.36. The molecular formula is C14H19N5O2. The van der Waals surface area contributed by atoms with E-state index >= 15 is 0 Å². The number of ether oxygens (including phenoxy) is 2. The van der Waals surface area contributed by atoms with E-state index < -0.39 is 0 Å². The van der Waals surface area contributed by atoms with E-state index in [4.69, 9.17) is 15.2 Å². The van der Waals surface area contributed by atoms with Crippen LogP contribution in [0.2, 0.25) is 0 Å². The normalized spacial score (nSPS) is 16.5. The predicted octanol–water partition coefficient (Wildman–Crippen LogP) is 1.50. The summed E-state index contributed by atoms with van der Waals surface area (Å²) in [7, 11) is 3.36. The van der Waals surface area contributed by atoms with Crippen LogP contribution in [0.4, 0.5) is 5.69 Å². The van der Waals surface area contributed by atoms with Gasteiger partial charge in [0.15, 0.2) is 5.82 Å². The van der Waals surface area contributed by atoms with Gasteiger partial charge in [0.25, 0.3) is 0 Å². The van der Waals surface area contributed by atoms with E-state index in [9.17, 15) is 0 Å². The quantitative estimate of drug-likeness (QED) is 0.839. The topological polar surface area (TPSA) is 88.1 Å². The molecular weight excluding hydrogens is 270 g/mol. The molecule has 1 aromatic carbocycles. The van der Waals surface area contributed by atoms with E-state index in [1.54, 1.807) is 25.0 Å². The Kier molecular flexibility index (Phi) is 3.50. The van der Waals surface area contributed by atoms with Crippen molar-refractivity contribution in [1.29, 1.82) is 0 Å². The molecule has 1 heterocycles. The molecule has 0 aliphatic heterocycles. The summed E-state index contributed by atoms with van der Waals surface area (Å²) in [6.45, 7) is 0.629. The zero-order chi connectivity index (χ0) is 14.9.